The summed E-state index contributed by atoms with van der Waals surface area (Å²) in [5.74, 6) is 0. The average molecular weight is 285 g/mol. The van der Waals surface area contributed by atoms with Gasteiger partial charge >= 0.3 is 94.7 Å². The summed E-state index contributed by atoms with van der Waals surface area (Å²) in [6.45, 7) is 0. The van der Waals surface area contributed by atoms with Gasteiger partial charge in [0.1, 0.15) is 0 Å². The van der Waals surface area contributed by atoms with Gasteiger partial charge in [-0.3, -0.25) is 0 Å². The summed E-state index contributed by atoms with van der Waals surface area (Å²) in [4.78, 5) is 0. The van der Waals surface area contributed by atoms with Gasteiger partial charge < -0.3 is 27.4 Å². The van der Waals surface area contributed by atoms with E-state index in [1.807, 2.05) is 0 Å². The molecular weight excluding hydrogens is 275 g/mol. The van der Waals surface area contributed by atoms with Crippen LogP contribution >= 0.6 is 0 Å². The van der Waals surface area contributed by atoms with Crippen molar-refractivity contribution in [2.45, 2.75) is 0 Å². The second-order valence-electron chi connectivity index (χ2n) is 0.657. The van der Waals surface area contributed by atoms with Crippen molar-refractivity contribution in [3.63, 3.8) is 0 Å². The Morgan fingerprint density at radius 1 is 0.529 bits per heavy atom. The Morgan fingerprint density at radius 2 is 0.647 bits per heavy atom. The molecule has 0 radical (unpaired) electrons. The second-order valence-corrected chi connectivity index (χ2v) is 0.657. The fourth-order valence-corrected chi connectivity index (χ4v) is 0.0454. The van der Waals surface area contributed by atoms with Gasteiger partial charge in [0.25, 0.3) is 0 Å². The van der Waals surface area contributed by atoms with Crippen LogP contribution in [-0.2, 0) is 29.4 Å². The predicted molar refractivity (Wildman–Crippen MR) is 52.4 cm³/mol. The zero-order valence-corrected chi connectivity index (χ0v) is 10.6. The van der Waals surface area contributed by atoms with E-state index in [9.17, 15) is 0 Å². The molecule has 0 saturated carbocycles. The maximum atomic E-state index is 8.95. The van der Waals surface area contributed by atoms with E-state index in [4.69, 9.17) is 20.3 Å². The van der Waals surface area contributed by atoms with E-state index in [0.29, 0.717) is 0 Å². The van der Waals surface area contributed by atoms with Crippen molar-refractivity contribution in [1.29, 1.82) is 0 Å². The van der Waals surface area contributed by atoms with Crippen LogP contribution in [0.25, 0.3) is 0 Å². The Hall–Kier alpha value is -0.0805. The monoisotopic (exact) mass is 286 g/mol. The molecule has 0 atom stereocenters. The molecule has 0 amide bonds. The van der Waals surface area contributed by atoms with Gasteiger partial charge in [0.2, 0.25) is 0 Å². The quantitative estimate of drug-likeness (QED) is 0.449. The van der Waals surface area contributed by atoms with Crippen LogP contribution in [0, 0.1) is 0 Å². The molecule has 10 N–H and O–H groups in total. The van der Waals surface area contributed by atoms with Crippen LogP contribution < -0.4 is 0 Å². The van der Waals surface area contributed by atoms with Crippen LogP contribution in [0.1, 0.15) is 0 Å². The van der Waals surface area contributed by atoms with Crippen LogP contribution in [0.2, 0.25) is 0 Å². The van der Waals surface area contributed by atoms with Crippen molar-refractivity contribution in [3.8, 4) is 0 Å². The SMILES string of the molecule is O.O.O.O.O.O=BOB=O.O=BOB=O.[O]=[Ca]. The van der Waals surface area contributed by atoms with E-state index in [0.717, 1.165) is 0 Å². The van der Waals surface area contributed by atoms with E-state index in [1.165, 1.54) is 0 Å². The minimum atomic E-state index is 0. The Bertz CT molecular complexity index is 102. The maximum absolute atomic E-state index is 8.95. The van der Waals surface area contributed by atoms with Gasteiger partial charge in [0, 0.05) is 0 Å². The van der Waals surface area contributed by atoms with Gasteiger partial charge in [-0.15, -0.1) is 0 Å². The molecule has 0 heterocycles. The fourth-order valence-electron chi connectivity index (χ4n) is 0.0454. The van der Waals surface area contributed by atoms with E-state index in [1.54, 1.807) is 0 Å². The third-order valence-electron chi connectivity index (χ3n) is 0.222. The Balaban J connectivity index is -0.0000000110. The third kappa shape index (κ3) is 201. The minimum absolute atomic E-state index is 0. The summed E-state index contributed by atoms with van der Waals surface area (Å²) in [5, 5.41) is 0. The van der Waals surface area contributed by atoms with Crippen LogP contribution in [0.5, 0.6) is 0 Å². The Kier molecular flexibility index (Phi) is 321. The van der Waals surface area contributed by atoms with Gasteiger partial charge in [-0.25, -0.2) is 0 Å². The molecule has 12 nitrogen and oxygen atoms in total. The summed E-state index contributed by atoms with van der Waals surface area (Å²) in [5.41, 5.74) is 0. The molecule has 17 heteroatoms. The van der Waals surface area contributed by atoms with Crippen LogP contribution in [0.15, 0.2) is 0 Å². The first kappa shape index (κ1) is 53.9. The second kappa shape index (κ2) is 101. The molecule has 96 valence electrons. The molecule has 0 aromatic carbocycles. The van der Waals surface area contributed by atoms with Crippen LogP contribution in [0.3, 0.4) is 0 Å². The van der Waals surface area contributed by atoms with E-state index in [2.05, 4.69) is 9.14 Å². The zero-order valence-electron chi connectivity index (χ0n) is 8.37. The molecule has 0 bridgehead atoms. The molecule has 0 fully saturated rings. The molecule has 0 aromatic heterocycles. The molecule has 0 aliphatic heterocycles. The Morgan fingerprint density at radius 3 is 0.647 bits per heavy atom. The van der Waals surface area contributed by atoms with Gasteiger partial charge in [-0.2, -0.15) is 0 Å². The van der Waals surface area contributed by atoms with Gasteiger partial charge in [-0.05, 0) is 0 Å². The van der Waals surface area contributed by atoms with Crippen molar-refractivity contribution >= 4 is 65.3 Å². The topological polar surface area (TPSA) is 261 Å². The predicted octanol–water partition coefficient (Wildman–Crippen LogP) is -6.76. The Labute approximate surface area is 122 Å². The van der Waals surface area contributed by atoms with E-state index >= 15 is 0 Å². The van der Waals surface area contributed by atoms with E-state index < -0.39 is 0 Å². The molecule has 0 unspecified atom stereocenters. The average Bonchev–Trinajstić information content (AvgIpc) is 2.12. The summed E-state index contributed by atoms with van der Waals surface area (Å²) in [6.07, 6.45) is 0. The van der Waals surface area contributed by atoms with Gasteiger partial charge in [-0.1, -0.05) is 0 Å². The van der Waals surface area contributed by atoms with Crippen molar-refractivity contribution in [1.82, 2.24) is 0 Å². The molecule has 0 rings (SSSR count). The first-order valence-corrected chi connectivity index (χ1v) is 3.08. The summed E-state index contributed by atoms with van der Waals surface area (Å²) in [6, 6.07) is 0. The summed E-state index contributed by atoms with van der Waals surface area (Å²) in [7, 11) is 0.250. The molecule has 17 heavy (non-hydrogen) atoms. The van der Waals surface area contributed by atoms with Gasteiger partial charge in [0.05, 0.1) is 0 Å². The zero-order chi connectivity index (χ0) is 10.2. The van der Waals surface area contributed by atoms with Crippen molar-refractivity contribution in [2.75, 3.05) is 0 Å². The van der Waals surface area contributed by atoms with Crippen molar-refractivity contribution in [2.24, 2.45) is 0 Å². The number of hydrogen-bond donors (Lipinski definition) is 0. The molecule has 0 aliphatic carbocycles. The number of hydrogen-bond acceptors (Lipinski definition) is 7. The third-order valence-corrected chi connectivity index (χ3v) is 0.222. The van der Waals surface area contributed by atoms with Crippen molar-refractivity contribution < 1.29 is 56.8 Å². The van der Waals surface area contributed by atoms with Crippen LogP contribution in [-0.4, -0.2) is 92.7 Å². The van der Waals surface area contributed by atoms with E-state index in [-0.39, 0.29) is 92.7 Å². The molecular formula is H10B4CaO12. The summed E-state index contributed by atoms with van der Waals surface area (Å²) >= 11 is 0.125. The van der Waals surface area contributed by atoms with Crippen molar-refractivity contribution in [3.05, 3.63) is 0 Å². The molecule has 0 saturated heterocycles. The first-order valence-electron chi connectivity index (χ1n) is 2.17. The molecule has 0 aliphatic rings. The molecule has 0 aromatic rings. The molecule has 0 spiro atoms. The summed E-state index contributed by atoms with van der Waals surface area (Å²) < 4.78 is 51.1. The normalized spacial score (nSPS) is 2.71. The first-order chi connectivity index (χ1) is 5.83. The van der Waals surface area contributed by atoms with Gasteiger partial charge in [0.15, 0.2) is 0 Å². The standard InChI is InChI=1S/2B2O3.Ca.5H2O.O/c2*3-1-5-2-4;;;;;;;/h;;;5*1H2;. The number of rotatable bonds is 4. The fraction of sp³-hybridized carbons (Fsp3) is 0. The van der Waals surface area contributed by atoms with Crippen LogP contribution in [0.4, 0.5) is 0 Å².